The molecule has 0 saturated heterocycles. The van der Waals surface area contributed by atoms with Crippen molar-refractivity contribution in [2.75, 3.05) is 0 Å². The molecule has 72 valence electrons. The first-order chi connectivity index (χ1) is 6.77. The Balaban J connectivity index is 2.25. The van der Waals surface area contributed by atoms with Gasteiger partial charge in [-0.2, -0.15) is 0 Å². The first-order valence-electron chi connectivity index (χ1n) is 4.28. The lowest BCUT2D eigenvalue weighted by Crippen LogP contribution is -2.22. The summed E-state index contributed by atoms with van der Waals surface area (Å²) in [6.07, 6.45) is 0. The number of benzene rings is 1. The third-order valence-corrected chi connectivity index (χ3v) is 2.94. The van der Waals surface area contributed by atoms with Gasteiger partial charge in [0.2, 0.25) is 0 Å². The smallest absolute Gasteiger partial charge is 0.316 e. The van der Waals surface area contributed by atoms with Crippen molar-refractivity contribution < 1.29 is 9.63 Å². The Morgan fingerprint density at radius 2 is 2.07 bits per heavy atom. The summed E-state index contributed by atoms with van der Waals surface area (Å²) in [5.41, 5.74) is 0.983. The van der Waals surface area contributed by atoms with Crippen LogP contribution in [0.2, 0.25) is 0 Å². The molecule has 1 aliphatic rings. The van der Waals surface area contributed by atoms with Crippen molar-refractivity contribution >= 4 is 22.8 Å². The maximum absolute atomic E-state index is 11.0. The Hall–Kier alpha value is -1.29. The zero-order chi connectivity index (χ0) is 9.97. The largest absolute Gasteiger partial charge is 0.348 e. The minimum absolute atomic E-state index is 0.178. The van der Waals surface area contributed by atoms with Gasteiger partial charge in [-0.15, -0.1) is 0 Å². The second-order valence-electron chi connectivity index (χ2n) is 2.93. The number of carbonyl (C=O) groups excluding carboxylic acids is 1. The summed E-state index contributed by atoms with van der Waals surface area (Å²) < 4.78 is 0. The molecule has 1 aliphatic heterocycles. The van der Waals surface area contributed by atoms with E-state index in [4.69, 9.17) is 0 Å². The summed E-state index contributed by atoms with van der Waals surface area (Å²) in [5, 5.41) is 4.34. The molecule has 3 nitrogen and oxygen atoms in total. The van der Waals surface area contributed by atoms with Gasteiger partial charge < -0.3 is 4.84 Å². The first-order valence-corrected chi connectivity index (χ1v) is 5.16. The molecule has 1 aromatic carbocycles. The molecule has 0 spiro atoms. The lowest BCUT2D eigenvalue weighted by Gasteiger charge is -2.15. The van der Waals surface area contributed by atoms with Crippen LogP contribution in [-0.4, -0.2) is 16.3 Å². The molecule has 1 heterocycles. The lowest BCUT2D eigenvalue weighted by atomic mass is 10.2. The molecule has 4 heteroatoms. The molecule has 0 N–H and O–H groups in total. The molecule has 1 atom stereocenters. The number of hydrogen-bond acceptors (Lipinski definition) is 4. The summed E-state index contributed by atoms with van der Waals surface area (Å²) in [6, 6.07) is 9.68. The van der Waals surface area contributed by atoms with Crippen molar-refractivity contribution in [1.29, 1.82) is 0 Å². The Kier molecular flexibility index (Phi) is 2.54. The zero-order valence-corrected chi connectivity index (χ0v) is 8.45. The van der Waals surface area contributed by atoms with Gasteiger partial charge in [0.25, 0.3) is 0 Å². The molecular weight excluding hydrogens is 198 g/mol. The second-order valence-corrected chi connectivity index (χ2v) is 4.26. The standard InChI is InChI=1S/C10H9NO2S/c1-7-10(12)13-11-9(14-7)8-5-3-2-4-6-8/h2-7H,1H3. The summed E-state index contributed by atoms with van der Waals surface area (Å²) >= 11 is 1.42. The minimum atomic E-state index is -0.283. The van der Waals surface area contributed by atoms with Gasteiger partial charge in [0.1, 0.15) is 10.3 Å². The van der Waals surface area contributed by atoms with Gasteiger partial charge in [-0.1, -0.05) is 47.2 Å². The van der Waals surface area contributed by atoms with Crippen LogP contribution in [0.3, 0.4) is 0 Å². The molecule has 0 bridgehead atoms. The summed E-state index contributed by atoms with van der Waals surface area (Å²) in [6.45, 7) is 1.81. The van der Waals surface area contributed by atoms with Crippen LogP contribution in [0.4, 0.5) is 0 Å². The fourth-order valence-electron chi connectivity index (χ4n) is 1.10. The highest BCUT2D eigenvalue weighted by molar-refractivity contribution is 8.15. The predicted molar refractivity (Wildman–Crippen MR) is 56.1 cm³/mol. The maximum Gasteiger partial charge on any atom is 0.348 e. The first kappa shape index (κ1) is 9.27. The number of oxime groups is 1. The van der Waals surface area contributed by atoms with E-state index in [-0.39, 0.29) is 11.2 Å². The quantitative estimate of drug-likeness (QED) is 0.661. The van der Waals surface area contributed by atoms with Crippen molar-refractivity contribution in [2.24, 2.45) is 5.16 Å². The van der Waals surface area contributed by atoms with Crippen LogP contribution in [0, 0.1) is 0 Å². The van der Waals surface area contributed by atoms with Crippen LogP contribution in [0.15, 0.2) is 35.5 Å². The third-order valence-electron chi connectivity index (χ3n) is 1.86. The van der Waals surface area contributed by atoms with E-state index in [1.165, 1.54) is 11.8 Å². The summed E-state index contributed by atoms with van der Waals surface area (Å²) in [4.78, 5) is 15.7. The van der Waals surface area contributed by atoms with E-state index in [2.05, 4.69) is 9.99 Å². The highest BCUT2D eigenvalue weighted by atomic mass is 32.2. The Labute approximate surface area is 86.1 Å². The Morgan fingerprint density at radius 3 is 2.71 bits per heavy atom. The van der Waals surface area contributed by atoms with Crippen molar-refractivity contribution in [3.05, 3.63) is 35.9 Å². The van der Waals surface area contributed by atoms with Crippen LogP contribution >= 0.6 is 11.8 Å². The summed E-state index contributed by atoms with van der Waals surface area (Å²) in [7, 11) is 0. The molecule has 0 fully saturated rings. The van der Waals surface area contributed by atoms with Crippen LogP contribution in [-0.2, 0) is 9.63 Å². The van der Waals surface area contributed by atoms with Gasteiger partial charge in [-0.3, -0.25) is 0 Å². The van der Waals surface area contributed by atoms with Gasteiger partial charge >= 0.3 is 5.97 Å². The predicted octanol–water partition coefficient (Wildman–Crippen LogP) is 2.03. The highest BCUT2D eigenvalue weighted by Gasteiger charge is 2.24. The number of thioether (sulfide) groups is 1. The topological polar surface area (TPSA) is 38.7 Å². The van der Waals surface area contributed by atoms with Crippen molar-refractivity contribution in [2.45, 2.75) is 12.2 Å². The molecule has 0 aromatic heterocycles. The Bertz CT molecular complexity index is 375. The van der Waals surface area contributed by atoms with Crippen LogP contribution in [0.1, 0.15) is 12.5 Å². The second kappa shape index (κ2) is 3.84. The van der Waals surface area contributed by atoms with E-state index >= 15 is 0 Å². The molecular formula is C10H9NO2S. The van der Waals surface area contributed by atoms with E-state index in [0.717, 1.165) is 10.6 Å². The average Bonchev–Trinajstić information content (AvgIpc) is 2.23. The van der Waals surface area contributed by atoms with E-state index < -0.39 is 0 Å². The number of hydrogen-bond donors (Lipinski definition) is 0. The molecule has 14 heavy (non-hydrogen) atoms. The normalized spacial score (nSPS) is 21.4. The van der Waals surface area contributed by atoms with Gasteiger partial charge in [0.05, 0.1) is 0 Å². The number of nitrogens with zero attached hydrogens (tertiary/aromatic N) is 1. The highest BCUT2D eigenvalue weighted by Crippen LogP contribution is 2.23. The minimum Gasteiger partial charge on any atom is -0.316 e. The van der Waals surface area contributed by atoms with Crippen LogP contribution in [0.5, 0.6) is 0 Å². The van der Waals surface area contributed by atoms with Gasteiger partial charge in [-0.25, -0.2) is 4.79 Å². The number of rotatable bonds is 1. The SMILES string of the molecule is CC1SC(c2ccccc2)=NOC1=O. The molecule has 1 aromatic rings. The van der Waals surface area contributed by atoms with Crippen LogP contribution < -0.4 is 0 Å². The summed E-state index contributed by atoms with van der Waals surface area (Å²) in [5.74, 6) is -0.283. The van der Waals surface area contributed by atoms with Gasteiger partial charge in [0.15, 0.2) is 0 Å². The molecule has 0 saturated carbocycles. The molecule has 0 aliphatic carbocycles. The fourth-order valence-corrected chi connectivity index (χ4v) is 1.93. The van der Waals surface area contributed by atoms with Gasteiger partial charge in [0, 0.05) is 5.56 Å². The lowest BCUT2D eigenvalue weighted by molar-refractivity contribution is -0.142. The zero-order valence-electron chi connectivity index (χ0n) is 7.64. The van der Waals surface area contributed by atoms with Crippen molar-refractivity contribution in [3.63, 3.8) is 0 Å². The monoisotopic (exact) mass is 207 g/mol. The van der Waals surface area contributed by atoms with E-state index in [9.17, 15) is 4.79 Å². The van der Waals surface area contributed by atoms with Gasteiger partial charge in [-0.05, 0) is 6.92 Å². The van der Waals surface area contributed by atoms with E-state index in [0.29, 0.717) is 0 Å². The average molecular weight is 207 g/mol. The Morgan fingerprint density at radius 1 is 1.36 bits per heavy atom. The van der Waals surface area contributed by atoms with Crippen molar-refractivity contribution in [1.82, 2.24) is 0 Å². The third kappa shape index (κ3) is 1.80. The molecule has 2 rings (SSSR count). The van der Waals surface area contributed by atoms with E-state index in [1.54, 1.807) is 0 Å². The molecule has 0 radical (unpaired) electrons. The van der Waals surface area contributed by atoms with Crippen molar-refractivity contribution in [3.8, 4) is 0 Å². The van der Waals surface area contributed by atoms with E-state index in [1.807, 2.05) is 37.3 Å². The maximum atomic E-state index is 11.0. The fraction of sp³-hybridized carbons (Fsp3) is 0.200. The van der Waals surface area contributed by atoms with Crippen LogP contribution in [0.25, 0.3) is 0 Å². The molecule has 0 amide bonds. The molecule has 1 unspecified atom stereocenters. The number of carbonyl (C=O) groups is 1.